The molecule has 0 aromatic heterocycles. The van der Waals surface area contributed by atoms with Gasteiger partial charge in [-0.15, -0.1) is 0 Å². The molecule has 0 unspecified atom stereocenters. The second-order valence-corrected chi connectivity index (χ2v) is 22.4. The van der Waals surface area contributed by atoms with E-state index in [2.05, 4.69) is 74.8 Å². The second kappa shape index (κ2) is 4.50. The molecule has 82 valence electrons. The highest BCUT2D eigenvalue weighted by atomic mass is 29.3. The van der Waals surface area contributed by atoms with Crippen molar-refractivity contribution in [3.63, 3.8) is 0 Å². The van der Waals surface area contributed by atoms with E-state index in [1.165, 1.54) is 5.56 Å². The van der Waals surface area contributed by atoms with Crippen molar-refractivity contribution in [3.05, 3.63) is 41.6 Å². The van der Waals surface area contributed by atoms with Crippen LogP contribution in [0.15, 0.2) is 36.0 Å². The van der Waals surface area contributed by atoms with E-state index in [0.29, 0.717) is 0 Å². The second-order valence-electron chi connectivity index (χ2n) is 5.72. The average Bonchev–Trinajstić information content (AvgIpc) is 2.15. The van der Waals surface area contributed by atoms with Gasteiger partial charge in [-0.25, -0.2) is 0 Å². The van der Waals surface area contributed by atoms with Gasteiger partial charge in [0.05, 0.1) is 7.59 Å². The molecule has 1 aromatic carbocycles. The number of benzene rings is 1. The zero-order valence-electron chi connectivity index (χ0n) is 10.5. The molecule has 0 aliphatic carbocycles. The molecular formula is C13H22Si2. The van der Waals surface area contributed by atoms with Crippen molar-refractivity contribution in [2.24, 2.45) is 0 Å². The Kier molecular flexibility index (Phi) is 3.73. The van der Waals surface area contributed by atoms with Crippen LogP contribution < -0.4 is 0 Å². The lowest BCUT2D eigenvalue weighted by atomic mass is 10.2. The van der Waals surface area contributed by atoms with E-state index in [0.717, 1.165) is 0 Å². The van der Waals surface area contributed by atoms with Gasteiger partial charge in [-0.3, -0.25) is 0 Å². The van der Waals surface area contributed by atoms with Gasteiger partial charge in [-0.05, 0) is 5.56 Å². The van der Waals surface area contributed by atoms with Gasteiger partial charge >= 0.3 is 0 Å². The SMILES string of the molecule is C[Si](C)(C)[Si](C)(C)/C=C\c1ccccc1. The molecule has 0 nitrogen and oxygen atoms in total. The maximum Gasteiger partial charge on any atom is 0.0645 e. The van der Waals surface area contributed by atoms with Crippen LogP contribution in [-0.4, -0.2) is 15.2 Å². The fraction of sp³-hybridized carbons (Fsp3) is 0.385. The first-order valence-corrected chi connectivity index (χ1v) is 13.1. The predicted octanol–water partition coefficient (Wildman–Crippen LogP) is 4.36. The first-order chi connectivity index (χ1) is 6.83. The van der Waals surface area contributed by atoms with Gasteiger partial charge in [0.2, 0.25) is 0 Å². The van der Waals surface area contributed by atoms with Crippen LogP contribution >= 0.6 is 0 Å². The molecule has 0 radical (unpaired) electrons. The summed E-state index contributed by atoms with van der Waals surface area (Å²) in [5.41, 5.74) is 3.84. The zero-order valence-corrected chi connectivity index (χ0v) is 12.5. The lowest BCUT2D eigenvalue weighted by Gasteiger charge is -2.32. The standard InChI is InChI=1S/C13H22Si2/c1-14(2,3)15(4,5)12-11-13-9-7-6-8-10-13/h6-12H,1-5H3/b12-11-. The van der Waals surface area contributed by atoms with Crippen LogP contribution in [0, 0.1) is 0 Å². The Morgan fingerprint density at radius 3 is 1.87 bits per heavy atom. The Labute approximate surface area is 95.8 Å². The fourth-order valence-electron chi connectivity index (χ4n) is 1.12. The molecule has 1 rings (SSSR count). The highest BCUT2D eigenvalue weighted by Crippen LogP contribution is 2.20. The molecule has 0 saturated carbocycles. The van der Waals surface area contributed by atoms with E-state index in [-0.39, 0.29) is 0 Å². The van der Waals surface area contributed by atoms with E-state index in [1.807, 2.05) is 0 Å². The average molecular weight is 234 g/mol. The van der Waals surface area contributed by atoms with Gasteiger partial charge in [-0.2, -0.15) is 0 Å². The Bertz CT molecular complexity index is 331. The van der Waals surface area contributed by atoms with Crippen molar-refractivity contribution in [2.45, 2.75) is 32.7 Å². The van der Waals surface area contributed by atoms with Gasteiger partial charge < -0.3 is 0 Å². The normalized spacial score (nSPS) is 13.4. The van der Waals surface area contributed by atoms with Crippen molar-refractivity contribution in [1.29, 1.82) is 0 Å². The molecule has 0 saturated heterocycles. The zero-order chi connectivity index (χ0) is 11.5. The summed E-state index contributed by atoms with van der Waals surface area (Å²) in [5.74, 6) is 0. The Balaban J connectivity index is 2.83. The third-order valence-corrected chi connectivity index (χ3v) is 20.4. The Morgan fingerprint density at radius 2 is 1.40 bits per heavy atom. The number of hydrogen-bond donors (Lipinski definition) is 0. The fourth-order valence-corrected chi connectivity index (χ4v) is 3.98. The van der Waals surface area contributed by atoms with Crippen LogP contribution in [0.4, 0.5) is 0 Å². The lowest BCUT2D eigenvalue weighted by molar-refractivity contribution is 1.66. The minimum absolute atomic E-state index is 0.987. The molecule has 0 bridgehead atoms. The van der Waals surface area contributed by atoms with E-state index >= 15 is 0 Å². The largest absolute Gasteiger partial charge is 0.0965 e. The van der Waals surface area contributed by atoms with E-state index in [9.17, 15) is 0 Å². The van der Waals surface area contributed by atoms with Crippen molar-refractivity contribution >= 4 is 21.3 Å². The molecule has 2 heteroatoms. The third-order valence-electron chi connectivity index (χ3n) is 3.43. The summed E-state index contributed by atoms with van der Waals surface area (Å²) < 4.78 is 0. The summed E-state index contributed by atoms with van der Waals surface area (Å²) in [6.45, 7) is 12.4. The molecule has 0 spiro atoms. The number of hydrogen-bond acceptors (Lipinski definition) is 0. The van der Waals surface area contributed by atoms with Crippen LogP contribution in [0.3, 0.4) is 0 Å². The topological polar surface area (TPSA) is 0 Å². The predicted molar refractivity (Wildman–Crippen MR) is 76.3 cm³/mol. The summed E-state index contributed by atoms with van der Waals surface area (Å²) in [4.78, 5) is 0. The van der Waals surface area contributed by atoms with E-state index in [4.69, 9.17) is 0 Å². The monoisotopic (exact) mass is 234 g/mol. The van der Waals surface area contributed by atoms with E-state index in [1.54, 1.807) is 0 Å². The van der Waals surface area contributed by atoms with Gasteiger partial charge in [0.25, 0.3) is 0 Å². The molecular weight excluding hydrogens is 212 g/mol. The quantitative estimate of drug-likeness (QED) is 0.682. The Hall–Kier alpha value is -0.606. The molecule has 0 N–H and O–H groups in total. The summed E-state index contributed by atoms with van der Waals surface area (Å²) in [7, 11) is -2.12. The maximum absolute atomic E-state index is 2.51. The molecule has 0 fully saturated rings. The minimum atomic E-state index is -1.13. The van der Waals surface area contributed by atoms with Crippen molar-refractivity contribution in [2.75, 3.05) is 0 Å². The minimum Gasteiger partial charge on any atom is -0.0965 e. The van der Waals surface area contributed by atoms with E-state index < -0.39 is 15.2 Å². The van der Waals surface area contributed by atoms with Crippen molar-refractivity contribution < 1.29 is 0 Å². The van der Waals surface area contributed by atoms with Crippen LogP contribution in [-0.2, 0) is 0 Å². The lowest BCUT2D eigenvalue weighted by Crippen LogP contribution is -2.50. The summed E-state index contributed by atoms with van der Waals surface area (Å²) in [6, 6.07) is 10.6. The van der Waals surface area contributed by atoms with Crippen LogP contribution in [0.5, 0.6) is 0 Å². The van der Waals surface area contributed by atoms with Gasteiger partial charge in [0.15, 0.2) is 0 Å². The molecule has 0 atom stereocenters. The van der Waals surface area contributed by atoms with Crippen LogP contribution in [0.1, 0.15) is 5.56 Å². The third kappa shape index (κ3) is 3.47. The molecule has 1 aromatic rings. The molecule has 15 heavy (non-hydrogen) atoms. The molecule has 0 amide bonds. The van der Waals surface area contributed by atoms with Gasteiger partial charge in [0.1, 0.15) is 0 Å². The summed E-state index contributed by atoms with van der Waals surface area (Å²) >= 11 is 0. The first kappa shape index (κ1) is 12.5. The number of rotatable bonds is 3. The van der Waals surface area contributed by atoms with Crippen molar-refractivity contribution in [1.82, 2.24) is 0 Å². The van der Waals surface area contributed by atoms with Gasteiger partial charge in [0, 0.05) is 7.59 Å². The molecule has 0 heterocycles. The summed E-state index contributed by atoms with van der Waals surface area (Å²) in [5, 5.41) is 0. The molecule has 0 aliphatic rings. The molecule has 0 aliphatic heterocycles. The maximum atomic E-state index is 2.51. The van der Waals surface area contributed by atoms with Crippen molar-refractivity contribution in [3.8, 4) is 0 Å². The van der Waals surface area contributed by atoms with Crippen LogP contribution in [0.2, 0.25) is 32.7 Å². The highest BCUT2D eigenvalue weighted by Gasteiger charge is 2.33. The van der Waals surface area contributed by atoms with Crippen LogP contribution in [0.25, 0.3) is 6.08 Å². The Morgan fingerprint density at radius 1 is 0.867 bits per heavy atom. The van der Waals surface area contributed by atoms with Gasteiger partial charge in [-0.1, -0.05) is 74.8 Å². The first-order valence-electron chi connectivity index (χ1n) is 5.57. The highest BCUT2D eigenvalue weighted by molar-refractivity contribution is 7.42. The summed E-state index contributed by atoms with van der Waals surface area (Å²) in [6.07, 6.45) is 2.31. The smallest absolute Gasteiger partial charge is 0.0645 e.